The molecule has 0 aromatic carbocycles. The summed E-state index contributed by atoms with van der Waals surface area (Å²) in [6.07, 6.45) is 0.0678. The molecule has 2 amide bonds. The molecule has 0 aliphatic rings. The van der Waals surface area contributed by atoms with Gasteiger partial charge in [-0.25, -0.2) is 4.79 Å². The molecule has 6 heteroatoms. The van der Waals surface area contributed by atoms with Gasteiger partial charge >= 0.3 is 5.97 Å². The third-order valence-corrected chi connectivity index (χ3v) is 2.57. The molecule has 0 aliphatic heterocycles. The fourth-order valence-corrected chi connectivity index (χ4v) is 1.31. The van der Waals surface area contributed by atoms with E-state index in [9.17, 15) is 14.4 Å². The quantitative estimate of drug-likeness (QED) is 0.665. The van der Waals surface area contributed by atoms with Crippen molar-refractivity contribution in [3.63, 3.8) is 0 Å². The molecule has 0 aromatic rings. The van der Waals surface area contributed by atoms with Crippen molar-refractivity contribution in [2.24, 2.45) is 11.3 Å². The summed E-state index contributed by atoms with van der Waals surface area (Å²) in [7, 11) is 0. The fourth-order valence-electron chi connectivity index (χ4n) is 1.31. The Hall–Kier alpha value is -1.59. The topological polar surface area (TPSA) is 95.5 Å². The van der Waals surface area contributed by atoms with Crippen LogP contribution in [0.25, 0.3) is 0 Å². The highest BCUT2D eigenvalue weighted by molar-refractivity contribution is 5.85. The highest BCUT2D eigenvalue weighted by Crippen LogP contribution is 2.12. The summed E-state index contributed by atoms with van der Waals surface area (Å²) in [5.41, 5.74) is -0.502. The molecule has 0 aromatic heterocycles. The van der Waals surface area contributed by atoms with Gasteiger partial charge < -0.3 is 15.7 Å². The van der Waals surface area contributed by atoms with Crippen LogP contribution in [0.15, 0.2) is 0 Å². The van der Waals surface area contributed by atoms with Gasteiger partial charge in [0.05, 0.1) is 0 Å². The average molecular weight is 272 g/mol. The Kier molecular flexibility index (Phi) is 6.52. The number of carbonyl (C=O) groups excluding carboxylic acids is 2. The predicted molar refractivity (Wildman–Crippen MR) is 71.5 cm³/mol. The summed E-state index contributed by atoms with van der Waals surface area (Å²) in [5, 5.41) is 14.0. The largest absolute Gasteiger partial charge is 0.480 e. The molecule has 3 N–H and O–H groups in total. The van der Waals surface area contributed by atoms with E-state index in [0.29, 0.717) is 0 Å². The van der Waals surface area contributed by atoms with E-state index in [1.807, 2.05) is 0 Å². The van der Waals surface area contributed by atoms with Crippen molar-refractivity contribution in [2.45, 2.75) is 47.1 Å². The minimum absolute atomic E-state index is 0.0678. The number of carboxylic acid groups (broad SMARTS) is 1. The predicted octanol–water partition coefficient (Wildman–Crippen LogP) is 0.764. The van der Waals surface area contributed by atoms with Gasteiger partial charge in [0.1, 0.15) is 6.04 Å². The van der Waals surface area contributed by atoms with Gasteiger partial charge in [0.2, 0.25) is 11.8 Å². The third-order valence-electron chi connectivity index (χ3n) is 2.57. The van der Waals surface area contributed by atoms with Crippen LogP contribution < -0.4 is 10.6 Å². The molecule has 6 nitrogen and oxygen atoms in total. The molecule has 0 radical (unpaired) electrons. The van der Waals surface area contributed by atoms with Gasteiger partial charge in [-0.1, -0.05) is 34.6 Å². The second-order valence-corrected chi connectivity index (χ2v) is 5.88. The second kappa shape index (κ2) is 7.11. The Labute approximate surface area is 113 Å². The number of carbonyl (C=O) groups is 3. The van der Waals surface area contributed by atoms with Gasteiger partial charge in [-0.05, 0) is 5.92 Å². The van der Waals surface area contributed by atoms with Crippen LogP contribution >= 0.6 is 0 Å². The molecule has 0 rings (SSSR count). The van der Waals surface area contributed by atoms with Crippen molar-refractivity contribution < 1.29 is 19.5 Å². The first-order chi connectivity index (χ1) is 8.55. The molecule has 110 valence electrons. The van der Waals surface area contributed by atoms with Gasteiger partial charge in [-0.2, -0.15) is 0 Å². The van der Waals surface area contributed by atoms with Crippen molar-refractivity contribution in [2.75, 3.05) is 6.54 Å². The fraction of sp³-hybridized carbons (Fsp3) is 0.769. The van der Waals surface area contributed by atoms with Gasteiger partial charge in [0.25, 0.3) is 0 Å². The van der Waals surface area contributed by atoms with E-state index in [1.54, 1.807) is 34.6 Å². The van der Waals surface area contributed by atoms with Gasteiger partial charge in [-0.15, -0.1) is 0 Å². The molecule has 19 heavy (non-hydrogen) atoms. The Morgan fingerprint density at radius 3 is 2.05 bits per heavy atom. The number of rotatable bonds is 6. The van der Waals surface area contributed by atoms with Crippen molar-refractivity contribution in [1.82, 2.24) is 10.6 Å². The van der Waals surface area contributed by atoms with Gasteiger partial charge in [-0.3, -0.25) is 9.59 Å². The number of hydrogen-bond acceptors (Lipinski definition) is 3. The lowest BCUT2D eigenvalue weighted by atomic mass is 9.96. The van der Waals surface area contributed by atoms with Crippen LogP contribution in [-0.2, 0) is 14.4 Å². The van der Waals surface area contributed by atoms with Crippen LogP contribution in [0.1, 0.15) is 41.0 Å². The number of amides is 2. The first-order valence-electron chi connectivity index (χ1n) is 6.36. The molecule has 0 saturated carbocycles. The Balaban J connectivity index is 4.13. The lowest BCUT2D eigenvalue weighted by Gasteiger charge is -2.19. The van der Waals surface area contributed by atoms with E-state index in [2.05, 4.69) is 10.6 Å². The summed E-state index contributed by atoms with van der Waals surface area (Å²) >= 11 is 0. The SMILES string of the molecule is CC(C)C(NC(=O)CCNC(=O)C(C)(C)C)C(=O)O. The van der Waals surface area contributed by atoms with Crippen LogP contribution in [0.4, 0.5) is 0 Å². The van der Waals surface area contributed by atoms with Crippen molar-refractivity contribution in [3.8, 4) is 0 Å². The lowest BCUT2D eigenvalue weighted by Crippen LogP contribution is -2.45. The van der Waals surface area contributed by atoms with E-state index in [0.717, 1.165) is 0 Å². The zero-order chi connectivity index (χ0) is 15.2. The summed E-state index contributed by atoms with van der Waals surface area (Å²) < 4.78 is 0. The normalized spacial score (nSPS) is 12.9. The molecule has 0 spiro atoms. The zero-order valence-electron chi connectivity index (χ0n) is 12.2. The van der Waals surface area contributed by atoms with Crippen molar-refractivity contribution in [1.29, 1.82) is 0 Å². The summed E-state index contributed by atoms with van der Waals surface area (Å²) in [6, 6.07) is -0.897. The van der Waals surface area contributed by atoms with Crippen LogP contribution in [0, 0.1) is 11.3 Å². The van der Waals surface area contributed by atoms with E-state index in [1.165, 1.54) is 0 Å². The first kappa shape index (κ1) is 17.4. The van der Waals surface area contributed by atoms with Crippen LogP contribution in [0.3, 0.4) is 0 Å². The van der Waals surface area contributed by atoms with Crippen LogP contribution in [-0.4, -0.2) is 35.5 Å². The summed E-state index contributed by atoms with van der Waals surface area (Å²) in [5.74, 6) is -1.76. The Bertz CT molecular complexity index is 345. The highest BCUT2D eigenvalue weighted by atomic mass is 16.4. The molecule has 0 fully saturated rings. The molecule has 0 heterocycles. The first-order valence-corrected chi connectivity index (χ1v) is 6.36. The van der Waals surface area contributed by atoms with Gasteiger partial charge in [0, 0.05) is 18.4 Å². The Morgan fingerprint density at radius 2 is 1.68 bits per heavy atom. The van der Waals surface area contributed by atoms with Gasteiger partial charge in [0.15, 0.2) is 0 Å². The summed E-state index contributed by atoms with van der Waals surface area (Å²) in [6.45, 7) is 8.98. The maximum atomic E-state index is 11.6. The number of aliphatic carboxylic acids is 1. The minimum atomic E-state index is -1.05. The third kappa shape index (κ3) is 6.79. The van der Waals surface area contributed by atoms with E-state index in [-0.39, 0.29) is 30.7 Å². The number of hydrogen-bond donors (Lipinski definition) is 3. The van der Waals surface area contributed by atoms with Crippen molar-refractivity contribution in [3.05, 3.63) is 0 Å². The average Bonchev–Trinajstić information content (AvgIpc) is 2.23. The summed E-state index contributed by atoms with van der Waals surface area (Å²) in [4.78, 5) is 34.0. The van der Waals surface area contributed by atoms with E-state index < -0.39 is 17.4 Å². The Morgan fingerprint density at radius 1 is 1.16 bits per heavy atom. The standard InChI is InChI=1S/C13H24N2O4/c1-8(2)10(11(17)18)15-9(16)6-7-14-12(19)13(3,4)5/h8,10H,6-7H2,1-5H3,(H,14,19)(H,15,16)(H,17,18). The molecule has 0 saturated heterocycles. The maximum Gasteiger partial charge on any atom is 0.326 e. The molecular weight excluding hydrogens is 248 g/mol. The second-order valence-electron chi connectivity index (χ2n) is 5.88. The molecule has 1 atom stereocenters. The van der Waals surface area contributed by atoms with Crippen molar-refractivity contribution >= 4 is 17.8 Å². The van der Waals surface area contributed by atoms with Crippen LogP contribution in [0.5, 0.6) is 0 Å². The van der Waals surface area contributed by atoms with E-state index in [4.69, 9.17) is 5.11 Å². The molecule has 0 aliphatic carbocycles. The smallest absolute Gasteiger partial charge is 0.326 e. The highest BCUT2D eigenvalue weighted by Gasteiger charge is 2.24. The minimum Gasteiger partial charge on any atom is -0.480 e. The monoisotopic (exact) mass is 272 g/mol. The molecule has 1 unspecified atom stereocenters. The van der Waals surface area contributed by atoms with Crippen LogP contribution in [0.2, 0.25) is 0 Å². The lowest BCUT2D eigenvalue weighted by molar-refractivity contribution is -0.143. The van der Waals surface area contributed by atoms with E-state index >= 15 is 0 Å². The molecular formula is C13H24N2O4. The number of nitrogens with one attached hydrogen (secondary N) is 2. The molecule has 0 bridgehead atoms. The maximum absolute atomic E-state index is 11.6. The zero-order valence-corrected chi connectivity index (χ0v) is 12.2. The number of carboxylic acids is 1.